The third-order valence-electron chi connectivity index (χ3n) is 5.06. The molecule has 0 atom stereocenters. The molecular formula is C21H28N2O3S. The lowest BCUT2D eigenvalue weighted by Gasteiger charge is -2.33. The molecule has 0 saturated carbocycles. The first-order valence-electron chi connectivity index (χ1n) is 9.50. The molecule has 0 unspecified atom stereocenters. The number of aryl methyl sites for hydroxylation is 2. The van der Waals surface area contributed by atoms with E-state index in [1.807, 2.05) is 43.3 Å². The molecule has 0 N–H and O–H groups in total. The Morgan fingerprint density at radius 1 is 0.963 bits per heavy atom. The number of benzene rings is 2. The van der Waals surface area contributed by atoms with Crippen molar-refractivity contribution in [2.24, 2.45) is 0 Å². The van der Waals surface area contributed by atoms with Crippen LogP contribution in [0.25, 0.3) is 0 Å². The summed E-state index contributed by atoms with van der Waals surface area (Å²) in [7, 11) is -3.40. The van der Waals surface area contributed by atoms with E-state index in [0.717, 1.165) is 42.9 Å². The Hall–Kier alpha value is -1.89. The van der Waals surface area contributed by atoms with Crippen LogP contribution in [0.15, 0.2) is 53.4 Å². The van der Waals surface area contributed by atoms with Crippen molar-refractivity contribution in [3.05, 3.63) is 59.7 Å². The molecule has 2 aromatic carbocycles. The third-order valence-corrected chi connectivity index (χ3v) is 6.97. The molecular weight excluding hydrogens is 360 g/mol. The summed E-state index contributed by atoms with van der Waals surface area (Å²) in [6.07, 6.45) is 0.906. The molecule has 0 aromatic heterocycles. The summed E-state index contributed by atoms with van der Waals surface area (Å²) in [5.41, 5.74) is 2.27. The van der Waals surface area contributed by atoms with Crippen molar-refractivity contribution in [1.29, 1.82) is 0 Å². The molecule has 3 rings (SSSR count). The Morgan fingerprint density at radius 2 is 1.63 bits per heavy atom. The van der Waals surface area contributed by atoms with Crippen molar-refractivity contribution in [1.82, 2.24) is 9.21 Å². The zero-order chi connectivity index (χ0) is 19.3. The van der Waals surface area contributed by atoms with Crippen molar-refractivity contribution in [3.63, 3.8) is 0 Å². The lowest BCUT2D eigenvalue weighted by molar-refractivity contribution is 0.158. The third kappa shape index (κ3) is 4.89. The minimum atomic E-state index is -3.40. The predicted molar refractivity (Wildman–Crippen MR) is 108 cm³/mol. The molecule has 0 aliphatic carbocycles. The molecule has 1 fully saturated rings. The Labute approximate surface area is 162 Å². The van der Waals surface area contributed by atoms with Crippen molar-refractivity contribution < 1.29 is 13.2 Å². The van der Waals surface area contributed by atoms with E-state index in [2.05, 4.69) is 11.8 Å². The van der Waals surface area contributed by atoms with Gasteiger partial charge in [0.05, 0.1) is 4.90 Å². The smallest absolute Gasteiger partial charge is 0.243 e. The second-order valence-corrected chi connectivity index (χ2v) is 8.80. The molecule has 0 amide bonds. The van der Waals surface area contributed by atoms with Gasteiger partial charge in [-0.3, -0.25) is 4.90 Å². The highest BCUT2D eigenvalue weighted by Gasteiger charge is 2.28. The molecule has 0 spiro atoms. The van der Waals surface area contributed by atoms with Gasteiger partial charge in [-0.25, -0.2) is 8.42 Å². The topological polar surface area (TPSA) is 49.9 Å². The Kier molecular flexibility index (Phi) is 6.52. The summed E-state index contributed by atoms with van der Waals surface area (Å²) < 4.78 is 33.1. The van der Waals surface area contributed by atoms with Gasteiger partial charge in [-0.1, -0.05) is 37.3 Å². The van der Waals surface area contributed by atoms with Crippen molar-refractivity contribution in [2.75, 3.05) is 39.3 Å². The number of piperazine rings is 1. The highest BCUT2D eigenvalue weighted by atomic mass is 32.2. The maximum atomic E-state index is 12.8. The second-order valence-electron chi connectivity index (χ2n) is 6.86. The second kappa shape index (κ2) is 8.87. The van der Waals surface area contributed by atoms with E-state index in [4.69, 9.17) is 4.74 Å². The molecule has 27 heavy (non-hydrogen) atoms. The number of para-hydroxylation sites is 1. The first-order valence-corrected chi connectivity index (χ1v) is 10.9. The van der Waals surface area contributed by atoms with Gasteiger partial charge in [0.25, 0.3) is 0 Å². The van der Waals surface area contributed by atoms with E-state index in [-0.39, 0.29) is 0 Å². The molecule has 1 saturated heterocycles. The van der Waals surface area contributed by atoms with Gasteiger partial charge in [0.15, 0.2) is 0 Å². The normalized spacial score (nSPS) is 16.4. The fourth-order valence-corrected chi connectivity index (χ4v) is 4.66. The molecule has 2 aromatic rings. The summed E-state index contributed by atoms with van der Waals surface area (Å²) in [6.45, 7) is 7.98. The average Bonchev–Trinajstić information content (AvgIpc) is 2.70. The molecule has 6 heteroatoms. The van der Waals surface area contributed by atoms with E-state index in [1.165, 1.54) is 0 Å². The van der Waals surface area contributed by atoms with E-state index in [1.54, 1.807) is 16.4 Å². The van der Waals surface area contributed by atoms with Crippen LogP contribution in [0.1, 0.15) is 18.1 Å². The maximum Gasteiger partial charge on any atom is 0.243 e. The van der Waals surface area contributed by atoms with Gasteiger partial charge in [-0.2, -0.15) is 4.31 Å². The highest BCUT2D eigenvalue weighted by molar-refractivity contribution is 7.89. The Bertz CT molecular complexity index is 842. The summed E-state index contributed by atoms with van der Waals surface area (Å²) in [5.74, 6) is 0.911. The largest absolute Gasteiger partial charge is 0.492 e. The lowest BCUT2D eigenvalue weighted by Crippen LogP contribution is -2.49. The Morgan fingerprint density at radius 3 is 2.26 bits per heavy atom. The van der Waals surface area contributed by atoms with Crippen LogP contribution in [0.2, 0.25) is 0 Å². The van der Waals surface area contributed by atoms with E-state index in [0.29, 0.717) is 24.6 Å². The molecule has 1 heterocycles. The zero-order valence-corrected chi connectivity index (χ0v) is 16.9. The van der Waals surface area contributed by atoms with Gasteiger partial charge < -0.3 is 4.74 Å². The van der Waals surface area contributed by atoms with Crippen LogP contribution >= 0.6 is 0 Å². The number of ether oxygens (including phenoxy) is 1. The van der Waals surface area contributed by atoms with Gasteiger partial charge in [0, 0.05) is 32.7 Å². The fraction of sp³-hybridized carbons (Fsp3) is 0.429. The summed E-state index contributed by atoms with van der Waals surface area (Å²) >= 11 is 0. The van der Waals surface area contributed by atoms with Gasteiger partial charge in [0.2, 0.25) is 10.0 Å². The van der Waals surface area contributed by atoms with Gasteiger partial charge in [0.1, 0.15) is 12.4 Å². The highest BCUT2D eigenvalue weighted by Crippen LogP contribution is 2.19. The molecule has 0 bridgehead atoms. The van der Waals surface area contributed by atoms with E-state index < -0.39 is 10.0 Å². The van der Waals surface area contributed by atoms with Gasteiger partial charge >= 0.3 is 0 Å². The molecule has 146 valence electrons. The van der Waals surface area contributed by atoms with Gasteiger partial charge in [-0.15, -0.1) is 0 Å². The van der Waals surface area contributed by atoms with Crippen molar-refractivity contribution in [2.45, 2.75) is 25.2 Å². The van der Waals surface area contributed by atoms with Crippen LogP contribution < -0.4 is 4.74 Å². The molecule has 1 aliphatic heterocycles. The van der Waals surface area contributed by atoms with Crippen LogP contribution in [0.5, 0.6) is 5.75 Å². The Balaban J connectivity index is 1.50. The SMILES string of the molecule is CCc1ccc(S(=O)(=O)N2CCN(CCOc3ccccc3C)CC2)cc1. The van der Waals surface area contributed by atoms with Crippen LogP contribution in [0, 0.1) is 6.92 Å². The van der Waals surface area contributed by atoms with Crippen LogP contribution in [0.4, 0.5) is 0 Å². The predicted octanol–water partition coefficient (Wildman–Crippen LogP) is 2.94. The van der Waals surface area contributed by atoms with E-state index in [9.17, 15) is 8.42 Å². The average molecular weight is 389 g/mol. The maximum absolute atomic E-state index is 12.8. The standard InChI is InChI=1S/C21H28N2O3S/c1-3-19-8-10-20(11-9-19)27(24,25)23-14-12-22(13-15-23)16-17-26-21-7-5-4-6-18(21)2/h4-11H,3,12-17H2,1-2H3. The van der Waals surface area contributed by atoms with Crippen LogP contribution in [0.3, 0.4) is 0 Å². The monoisotopic (exact) mass is 388 g/mol. The minimum absolute atomic E-state index is 0.385. The summed E-state index contributed by atoms with van der Waals surface area (Å²) in [6, 6.07) is 15.2. The molecule has 1 aliphatic rings. The van der Waals surface area contributed by atoms with Crippen molar-refractivity contribution in [3.8, 4) is 5.75 Å². The summed E-state index contributed by atoms with van der Waals surface area (Å²) in [5, 5.41) is 0. The molecule has 5 nitrogen and oxygen atoms in total. The quantitative estimate of drug-likeness (QED) is 0.732. The zero-order valence-electron chi connectivity index (χ0n) is 16.1. The summed E-state index contributed by atoms with van der Waals surface area (Å²) in [4.78, 5) is 2.64. The molecule has 0 radical (unpaired) electrons. The number of hydrogen-bond acceptors (Lipinski definition) is 4. The van der Waals surface area contributed by atoms with Gasteiger partial charge in [-0.05, 0) is 42.7 Å². The first kappa shape index (κ1) is 19.9. The van der Waals surface area contributed by atoms with E-state index >= 15 is 0 Å². The number of rotatable bonds is 7. The van der Waals surface area contributed by atoms with Crippen LogP contribution in [-0.2, 0) is 16.4 Å². The first-order chi connectivity index (χ1) is 13.0. The minimum Gasteiger partial charge on any atom is -0.492 e. The number of sulfonamides is 1. The van der Waals surface area contributed by atoms with Crippen molar-refractivity contribution >= 4 is 10.0 Å². The van der Waals surface area contributed by atoms with Crippen LogP contribution in [-0.4, -0.2) is 57.0 Å². The lowest BCUT2D eigenvalue weighted by atomic mass is 10.2. The fourth-order valence-electron chi connectivity index (χ4n) is 3.24. The number of nitrogens with zero attached hydrogens (tertiary/aromatic N) is 2. The number of hydrogen-bond donors (Lipinski definition) is 0.